The third-order valence-corrected chi connectivity index (χ3v) is 3.43. The third-order valence-electron chi connectivity index (χ3n) is 3.43. The number of guanidine groups is 1. The number of nitrogens with zero attached hydrogens (tertiary/aromatic N) is 1. The lowest BCUT2D eigenvalue weighted by Gasteiger charge is -2.11. The molecule has 1 aromatic carbocycles. The molecule has 112 valence electrons. The number of hydrogen-bond acceptors (Lipinski definition) is 2. The minimum Gasteiger partial charge on any atom is -0.481 e. The largest absolute Gasteiger partial charge is 0.481 e. The van der Waals surface area contributed by atoms with Crippen molar-refractivity contribution in [1.29, 1.82) is 0 Å². The highest BCUT2D eigenvalue weighted by Gasteiger charge is 2.20. The van der Waals surface area contributed by atoms with Gasteiger partial charge < -0.3 is 15.4 Å². The van der Waals surface area contributed by atoms with Gasteiger partial charge in [-0.1, -0.05) is 18.1 Å². The van der Waals surface area contributed by atoms with Gasteiger partial charge in [-0.2, -0.15) is 0 Å². The van der Waals surface area contributed by atoms with E-state index in [0.717, 1.165) is 37.1 Å². The number of hydrogen-bond donors (Lipinski definition) is 2. The molecule has 0 atom stereocenters. The van der Waals surface area contributed by atoms with Crippen LogP contribution in [0.25, 0.3) is 0 Å². The molecule has 2 N–H and O–H groups in total. The van der Waals surface area contributed by atoms with Crippen LogP contribution in [0.5, 0.6) is 5.75 Å². The molecule has 0 aromatic heterocycles. The topological polar surface area (TPSA) is 45.6 Å². The molecular formula is C17H23N3O. The van der Waals surface area contributed by atoms with Gasteiger partial charge in [-0.3, -0.25) is 4.99 Å². The number of aliphatic imine (C=N–C) groups is 1. The Kier molecular flexibility index (Phi) is 5.96. The van der Waals surface area contributed by atoms with Gasteiger partial charge in [0.15, 0.2) is 5.96 Å². The Hall–Kier alpha value is -2.15. The molecule has 0 unspecified atom stereocenters. The first-order valence-corrected chi connectivity index (χ1v) is 7.41. The number of ether oxygens (including phenoxy) is 1. The van der Waals surface area contributed by atoms with Crippen molar-refractivity contribution in [2.75, 3.05) is 26.7 Å². The summed E-state index contributed by atoms with van der Waals surface area (Å²) < 4.78 is 5.35. The third kappa shape index (κ3) is 5.78. The second-order valence-electron chi connectivity index (χ2n) is 5.21. The second kappa shape index (κ2) is 8.21. The van der Waals surface area contributed by atoms with Gasteiger partial charge >= 0.3 is 0 Å². The highest BCUT2D eigenvalue weighted by atomic mass is 16.5. The molecule has 21 heavy (non-hydrogen) atoms. The zero-order valence-electron chi connectivity index (χ0n) is 12.6. The fraction of sp³-hybridized carbons (Fsp3) is 0.471. The van der Waals surface area contributed by atoms with E-state index in [-0.39, 0.29) is 0 Å². The van der Waals surface area contributed by atoms with Crippen LogP contribution in [0.15, 0.2) is 29.3 Å². The van der Waals surface area contributed by atoms with Gasteiger partial charge in [0, 0.05) is 20.1 Å². The van der Waals surface area contributed by atoms with E-state index >= 15 is 0 Å². The van der Waals surface area contributed by atoms with Gasteiger partial charge in [0.1, 0.15) is 12.4 Å². The maximum absolute atomic E-state index is 5.35. The number of rotatable bonds is 7. The Balaban J connectivity index is 1.68. The number of terminal acetylenes is 1. The van der Waals surface area contributed by atoms with E-state index in [4.69, 9.17) is 11.2 Å². The number of nitrogens with one attached hydrogen (secondary N) is 2. The molecule has 0 radical (unpaired) electrons. The molecule has 1 fully saturated rings. The van der Waals surface area contributed by atoms with E-state index in [1.54, 1.807) is 7.05 Å². The summed E-state index contributed by atoms with van der Waals surface area (Å²) >= 11 is 0. The molecule has 1 aliphatic rings. The highest BCUT2D eigenvalue weighted by molar-refractivity contribution is 5.79. The fourth-order valence-electron chi connectivity index (χ4n) is 1.99. The van der Waals surface area contributed by atoms with E-state index in [0.29, 0.717) is 6.61 Å². The van der Waals surface area contributed by atoms with E-state index < -0.39 is 0 Å². The lowest BCUT2D eigenvalue weighted by atomic mass is 10.1. The van der Waals surface area contributed by atoms with Crippen LogP contribution in [0.3, 0.4) is 0 Å². The van der Waals surface area contributed by atoms with Crippen molar-refractivity contribution in [2.45, 2.75) is 19.3 Å². The maximum Gasteiger partial charge on any atom is 0.190 e. The van der Waals surface area contributed by atoms with Crippen LogP contribution in [-0.4, -0.2) is 32.7 Å². The van der Waals surface area contributed by atoms with Crippen LogP contribution in [-0.2, 0) is 6.42 Å². The second-order valence-corrected chi connectivity index (χ2v) is 5.21. The Labute approximate surface area is 127 Å². The van der Waals surface area contributed by atoms with Gasteiger partial charge in [-0.15, -0.1) is 6.42 Å². The monoisotopic (exact) mass is 285 g/mol. The Morgan fingerprint density at radius 2 is 2.10 bits per heavy atom. The molecule has 1 saturated carbocycles. The molecule has 0 heterocycles. The zero-order chi connectivity index (χ0) is 14.9. The summed E-state index contributed by atoms with van der Waals surface area (Å²) in [7, 11) is 1.81. The average molecular weight is 285 g/mol. The van der Waals surface area contributed by atoms with Crippen molar-refractivity contribution in [3.8, 4) is 18.1 Å². The molecule has 4 nitrogen and oxygen atoms in total. The molecule has 0 aliphatic heterocycles. The van der Waals surface area contributed by atoms with Crippen molar-refractivity contribution in [2.24, 2.45) is 10.9 Å². The Morgan fingerprint density at radius 1 is 1.33 bits per heavy atom. The van der Waals surface area contributed by atoms with Crippen LogP contribution < -0.4 is 15.4 Å². The smallest absolute Gasteiger partial charge is 0.190 e. The molecule has 4 heteroatoms. The van der Waals surface area contributed by atoms with Gasteiger partial charge in [-0.05, 0) is 42.9 Å². The van der Waals surface area contributed by atoms with E-state index in [9.17, 15) is 0 Å². The first-order chi connectivity index (χ1) is 10.3. The SMILES string of the molecule is C#CCOc1ccc(CCNC(=NC)NCC2CC2)cc1. The van der Waals surface area contributed by atoms with Crippen molar-refractivity contribution in [3.05, 3.63) is 29.8 Å². The summed E-state index contributed by atoms with van der Waals surface area (Å²) in [5.41, 5.74) is 1.26. The first kappa shape index (κ1) is 15.2. The average Bonchev–Trinajstić information content (AvgIpc) is 3.34. The number of benzene rings is 1. The summed E-state index contributed by atoms with van der Waals surface area (Å²) in [6.45, 7) is 2.19. The van der Waals surface area contributed by atoms with Crippen LogP contribution in [0.2, 0.25) is 0 Å². The van der Waals surface area contributed by atoms with E-state index in [1.807, 2.05) is 12.1 Å². The van der Waals surface area contributed by atoms with Crippen molar-refractivity contribution in [1.82, 2.24) is 10.6 Å². The van der Waals surface area contributed by atoms with Gasteiger partial charge in [0.2, 0.25) is 0 Å². The maximum atomic E-state index is 5.35. The summed E-state index contributed by atoms with van der Waals surface area (Å²) in [5, 5.41) is 6.68. The zero-order valence-corrected chi connectivity index (χ0v) is 12.6. The molecule has 2 rings (SSSR count). The lowest BCUT2D eigenvalue weighted by Crippen LogP contribution is -2.39. The summed E-state index contributed by atoms with van der Waals surface area (Å²) in [5.74, 6) is 5.00. The predicted molar refractivity (Wildman–Crippen MR) is 86.6 cm³/mol. The quantitative estimate of drug-likeness (QED) is 0.456. The predicted octanol–water partition coefficient (Wildman–Crippen LogP) is 1.82. The normalized spacial score (nSPS) is 14.4. The highest BCUT2D eigenvalue weighted by Crippen LogP contribution is 2.27. The molecule has 0 spiro atoms. The molecule has 0 bridgehead atoms. The van der Waals surface area contributed by atoms with Crippen molar-refractivity contribution < 1.29 is 4.74 Å². The van der Waals surface area contributed by atoms with Gasteiger partial charge in [0.25, 0.3) is 0 Å². The van der Waals surface area contributed by atoms with Crippen LogP contribution >= 0.6 is 0 Å². The van der Waals surface area contributed by atoms with Crippen LogP contribution in [0.4, 0.5) is 0 Å². The van der Waals surface area contributed by atoms with E-state index in [1.165, 1.54) is 18.4 Å². The lowest BCUT2D eigenvalue weighted by molar-refractivity contribution is 0.370. The van der Waals surface area contributed by atoms with Crippen LogP contribution in [0.1, 0.15) is 18.4 Å². The fourth-order valence-corrected chi connectivity index (χ4v) is 1.99. The van der Waals surface area contributed by atoms with E-state index in [2.05, 4.69) is 33.7 Å². The molecule has 1 aromatic rings. The van der Waals surface area contributed by atoms with Gasteiger partial charge in [0.05, 0.1) is 0 Å². The van der Waals surface area contributed by atoms with Gasteiger partial charge in [-0.25, -0.2) is 0 Å². The molecule has 0 amide bonds. The minimum atomic E-state index is 0.309. The van der Waals surface area contributed by atoms with Crippen molar-refractivity contribution >= 4 is 5.96 Å². The minimum absolute atomic E-state index is 0.309. The Morgan fingerprint density at radius 3 is 2.71 bits per heavy atom. The molecule has 0 saturated heterocycles. The summed E-state index contributed by atoms with van der Waals surface area (Å²) in [6, 6.07) is 8.03. The summed E-state index contributed by atoms with van der Waals surface area (Å²) in [6.07, 6.45) is 8.79. The van der Waals surface area contributed by atoms with Crippen LogP contribution in [0, 0.1) is 18.3 Å². The standard InChI is InChI=1S/C17H23N3O/c1-3-12-21-16-8-6-14(7-9-16)10-11-19-17(18-2)20-13-15-4-5-15/h1,6-9,15H,4-5,10-13H2,2H3,(H2,18,19,20). The Bertz CT molecular complexity index is 498. The first-order valence-electron chi connectivity index (χ1n) is 7.41. The van der Waals surface area contributed by atoms with Crippen molar-refractivity contribution in [3.63, 3.8) is 0 Å². The summed E-state index contributed by atoms with van der Waals surface area (Å²) in [4.78, 5) is 4.22. The molecule has 1 aliphatic carbocycles. The molecular weight excluding hydrogens is 262 g/mol.